The lowest BCUT2D eigenvalue weighted by Gasteiger charge is -2.35. The van der Waals surface area contributed by atoms with Gasteiger partial charge in [-0.2, -0.15) is 0 Å². The third kappa shape index (κ3) is 4.81. The predicted octanol–water partition coefficient (Wildman–Crippen LogP) is 0.520. The molecule has 1 aromatic heterocycles. The van der Waals surface area contributed by atoms with Gasteiger partial charge in [0.15, 0.2) is 0 Å². The minimum absolute atomic E-state index is 0.0586. The Morgan fingerprint density at radius 1 is 1.13 bits per heavy atom. The summed E-state index contributed by atoms with van der Waals surface area (Å²) in [7, 11) is -3.90. The number of nitrogens with zero attached hydrogens (tertiary/aromatic N) is 2. The predicted molar refractivity (Wildman–Crippen MR) is 108 cm³/mol. The molecule has 1 aliphatic heterocycles. The summed E-state index contributed by atoms with van der Waals surface area (Å²) in [6, 6.07) is 6.90. The Labute approximate surface area is 173 Å². The minimum Gasteiger partial charge on any atom is -0.366 e. The summed E-state index contributed by atoms with van der Waals surface area (Å²) in [5.74, 6) is -2.38. The number of sulfonamides is 1. The van der Waals surface area contributed by atoms with E-state index in [0.29, 0.717) is 24.9 Å². The van der Waals surface area contributed by atoms with Gasteiger partial charge in [-0.05, 0) is 43.0 Å². The van der Waals surface area contributed by atoms with Gasteiger partial charge in [0.1, 0.15) is 0 Å². The minimum atomic E-state index is -3.90. The van der Waals surface area contributed by atoms with Gasteiger partial charge in [0.2, 0.25) is 15.9 Å². The summed E-state index contributed by atoms with van der Waals surface area (Å²) in [6.07, 6.45) is 4.65. The highest BCUT2D eigenvalue weighted by Crippen LogP contribution is 2.32. The maximum absolute atomic E-state index is 12.8. The molecule has 10 nitrogen and oxygen atoms in total. The second kappa shape index (κ2) is 8.59. The number of primary sulfonamides is 1. The molecule has 1 fully saturated rings. The van der Waals surface area contributed by atoms with Crippen LogP contribution in [0.1, 0.15) is 41.2 Å². The Morgan fingerprint density at radius 3 is 2.60 bits per heavy atom. The first-order valence-electron chi connectivity index (χ1n) is 9.16. The van der Waals surface area contributed by atoms with Gasteiger partial charge in [-0.3, -0.25) is 19.4 Å². The number of anilines is 1. The van der Waals surface area contributed by atoms with Crippen molar-refractivity contribution in [2.45, 2.75) is 30.2 Å². The summed E-state index contributed by atoms with van der Waals surface area (Å²) >= 11 is 0. The molecule has 0 aliphatic carbocycles. The number of nitrogens with two attached hydrogens (primary N) is 2. The molecule has 5 N–H and O–H groups in total. The number of nitrogens with one attached hydrogen (secondary N) is 1. The first kappa shape index (κ1) is 21.4. The SMILES string of the molecule is NC(=O)c1cncc(NC(=O)C(=O)N2CCCC[C@H]2c2cccc(S(N)(=O)=O)c2)c1. The van der Waals surface area contributed by atoms with E-state index in [9.17, 15) is 22.8 Å². The molecule has 1 aromatic carbocycles. The lowest BCUT2D eigenvalue weighted by molar-refractivity contribution is -0.145. The van der Waals surface area contributed by atoms with Crippen LogP contribution in [0.2, 0.25) is 0 Å². The molecular formula is C19H21N5O5S. The number of rotatable bonds is 4. The Morgan fingerprint density at radius 2 is 1.90 bits per heavy atom. The average molecular weight is 431 g/mol. The van der Waals surface area contributed by atoms with Crippen molar-refractivity contribution < 1.29 is 22.8 Å². The number of hydrogen-bond donors (Lipinski definition) is 3. The lowest BCUT2D eigenvalue weighted by atomic mass is 9.95. The molecule has 0 saturated carbocycles. The van der Waals surface area contributed by atoms with Gasteiger partial charge in [0.05, 0.1) is 28.4 Å². The highest BCUT2D eigenvalue weighted by molar-refractivity contribution is 7.89. The van der Waals surface area contributed by atoms with E-state index >= 15 is 0 Å². The van der Waals surface area contributed by atoms with E-state index < -0.39 is 33.8 Å². The third-order valence-electron chi connectivity index (χ3n) is 4.81. The zero-order valence-corrected chi connectivity index (χ0v) is 16.8. The molecule has 1 atom stereocenters. The van der Waals surface area contributed by atoms with Gasteiger partial charge in [-0.15, -0.1) is 0 Å². The van der Waals surface area contributed by atoms with Crippen molar-refractivity contribution in [2.24, 2.45) is 10.9 Å². The number of amides is 3. The van der Waals surface area contributed by atoms with Crippen LogP contribution >= 0.6 is 0 Å². The van der Waals surface area contributed by atoms with Crippen LogP contribution in [0.3, 0.4) is 0 Å². The van der Waals surface area contributed by atoms with Crippen molar-refractivity contribution >= 4 is 33.4 Å². The standard InChI is InChI=1S/C19H21N5O5S/c20-17(25)13-8-14(11-22-10-13)23-18(26)19(27)24-7-2-1-6-16(24)12-4-3-5-15(9-12)30(21,28)29/h3-5,8-11,16H,1-2,6-7H2,(H2,20,25)(H,23,26)(H2,21,28,29)/t16-/m0/s1. The number of primary amides is 1. The molecule has 30 heavy (non-hydrogen) atoms. The summed E-state index contributed by atoms with van der Waals surface area (Å²) < 4.78 is 23.3. The number of hydrogen-bond acceptors (Lipinski definition) is 6. The fraction of sp³-hybridized carbons (Fsp3) is 0.263. The molecule has 0 radical (unpaired) electrons. The molecule has 1 saturated heterocycles. The highest BCUT2D eigenvalue weighted by Gasteiger charge is 2.32. The number of carbonyl (C=O) groups excluding carboxylic acids is 3. The summed E-state index contributed by atoms with van der Waals surface area (Å²) in [5, 5.41) is 7.63. The zero-order valence-electron chi connectivity index (χ0n) is 15.9. The molecule has 158 valence electrons. The van der Waals surface area contributed by atoms with Crippen molar-refractivity contribution in [2.75, 3.05) is 11.9 Å². The fourth-order valence-electron chi connectivity index (χ4n) is 3.38. The molecule has 3 amide bonds. The Hall–Kier alpha value is -3.31. The molecule has 2 heterocycles. The van der Waals surface area contributed by atoms with Crippen LogP contribution in [0, 0.1) is 0 Å². The van der Waals surface area contributed by atoms with Crippen LogP contribution in [-0.4, -0.2) is 42.6 Å². The second-order valence-electron chi connectivity index (χ2n) is 6.91. The molecule has 1 aliphatic rings. The molecule has 2 aromatic rings. The quantitative estimate of drug-likeness (QED) is 0.597. The number of pyridine rings is 1. The van der Waals surface area contributed by atoms with Crippen molar-refractivity contribution in [1.29, 1.82) is 0 Å². The summed E-state index contributed by atoms with van der Waals surface area (Å²) in [4.78, 5) is 41.8. The highest BCUT2D eigenvalue weighted by atomic mass is 32.2. The largest absolute Gasteiger partial charge is 0.366 e. The Bertz CT molecular complexity index is 1100. The normalized spacial score (nSPS) is 16.7. The number of benzene rings is 1. The Balaban J connectivity index is 1.82. The van der Waals surface area contributed by atoms with Crippen molar-refractivity contribution in [3.63, 3.8) is 0 Å². The second-order valence-corrected chi connectivity index (χ2v) is 8.47. The summed E-state index contributed by atoms with van der Waals surface area (Å²) in [5.41, 5.74) is 6.04. The van der Waals surface area contributed by atoms with E-state index in [0.717, 1.165) is 6.42 Å². The molecule has 11 heteroatoms. The van der Waals surface area contributed by atoms with E-state index in [4.69, 9.17) is 10.9 Å². The zero-order chi connectivity index (χ0) is 21.9. The Kier molecular flexibility index (Phi) is 6.13. The van der Waals surface area contributed by atoms with Crippen LogP contribution in [0.5, 0.6) is 0 Å². The first-order chi connectivity index (χ1) is 14.2. The van der Waals surface area contributed by atoms with Crippen molar-refractivity contribution in [3.8, 4) is 0 Å². The van der Waals surface area contributed by atoms with Crippen LogP contribution in [0.25, 0.3) is 0 Å². The number of carbonyl (C=O) groups is 3. The fourth-order valence-corrected chi connectivity index (χ4v) is 3.95. The lowest BCUT2D eigenvalue weighted by Crippen LogP contribution is -2.44. The monoisotopic (exact) mass is 431 g/mol. The van der Waals surface area contributed by atoms with Crippen LogP contribution in [0.15, 0.2) is 47.6 Å². The van der Waals surface area contributed by atoms with Crippen LogP contribution < -0.4 is 16.2 Å². The molecule has 0 unspecified atom stereocenters. The molecule has 0 spiro atoms. The molecular weight excluding hydrogens is 410 g/mol. The maximum Gasteiger partial charge on any atom is 0.313 e. The molecule has 3 rings (SSSR count). The van der Waals surface area contributed by atoms with Gasteiger partial charge >= 0.3 is 11.8 Å². The smallest absolute Gasteiger partial charge is 0.313 e. The van der Waals surface area contributed by atoms with Crippen LogP contribution in [-0.2, 0) is 19.6 Å². The van der Waals surface area contributed by atoms with E-state index in [2.05, 4.69) is 10.3 Å². The van der Waals surface area contributed by atoms with Crippen molar-refractivity contribution in [1.82, 2.24) is 9.88 Å². The average Bonchev–Trinajstić information content (AvgIpc) is 2.73. The van der Waals surface area contributed by atoms with Crippen molar-refractivity contribution in [3.05, 3.63) is 53.9 Å². The number of likely N-dealkylation sites (tertiary alicyclic amines) is 1. The van der Waals surface area contributed by atoms with Gasteiger partial charge in [-0.1, -0.05) is 12.1 Å². The van der Waals surface area contributed by atoms with Gasteiger partial charge in [0, 0.05) is 12.7 Å². The first-order valence-corrected chi connectivity index (χ1v) is 10.7. The van der Waals surface area contributed by atoms with Gasteiger partial charge in [-0.25, -0.2) is 13.6 Å². The summed E-state index contributed by atoms with van der Waals surface area (Å²) in [6.45, 7) is 0.343. The van der Waals surface area contributed by atoms with Gasteiger partial charge < -0.3 is 16.0 Å². The van der Waals surface area contributed by atoms with E-state index in [1.165, 1.54) is 35.5 Å². The number of aromatic nitrogens is 1. The van der Waals surface area contributed by atoms with Gasteiger partial charge in [0.25, 0.3) is 0 Å². The topological polar surface area (TPSA) is 166 Å². The molecule has 0 bridgehead atoms. The maximum atomic E-state index is 12.8. The van der Waals surface area contributed by atoms with E-state index in [1.807, 2.05) is 0 Å². The number of piperidine rings is 1. The third-order valence-corrected chi connectivity index (χ3v) is 5.72. The van der Waals surface area contributed by atoms with Crippen LogP contribution in [0.4, 0.5) is 5.69 Å². The van der Waals surface area contributed by atoms with E-state index in [-0.39, 0.29) is 16.1 Å². The van der Waals surface area contributed by atoms with E-state index in [1.54, 1.807) is 12.1 Å².